The first-order valence-electron chi connectivity index (χ1n) is 8.06. The molecule has 1 aliphatic rings. The van der Waals surface area contributed by atoms with E-state index < -0.39 is 17.7 Å². The number of ether oxygens (including phenoxy) is 1. The second-order valence-corrected chi connectivity index (χ2v) is 6.37. The Hall–Kier alpha value is -2.32. The van der Waals surface area contributed by atoms with Crippen LogP contribution in [-0.2, 0) is 9.59 Å². The summed E-state index contributed by atoms with van der Waals surface area (Å²) in [6.45, 7) is 1.54. The molecule has 0 aliphatic carbocycles. The van der Waals surface area contributed by atoms with Gasteiger partial charge in [0.2, 0.25) is 5.91 Å². The summed E-state index contributed by atoms with van der Waals surface area (Å²) in [4.78, 5) is 31.8. The fourth-order valence-electron chi connectivity index (χ4n) is 2.47. The molecule has 134 valence electrons. The number of anilines is 1. The first kappa shape index (κ1) is 19.0. The summed E-state index contributed by atoms with van der Waals surface area (Å²) in [6.07, 6.45) is 2.29. The fourth-order valence-corrected chi connectivity index (χ4v) is 2.76. The van der Waals surface area contributed by atoms with Gasteiger partial charge >= 0.3 is 0 Å². The van der Waals surface area contributed by atoms with E-state index >= 15 is 0 Å². The lowest BCUT2D eigenvalue weighted by Gasteiger charge is -2.31. The van der Waals surface area contributed by atoms with Crippen LogP contribution in [0, 0.1) is 5.92 Å². The van der Waals surface area contributed by atoms with Gasteiger partial charge in [-0.1, -0.05) is 12.1 Å². The molecule has 0 radical (unpaired) electrons. The zero-order valence-corrected chi connectivity index (χ0v) is 15.4. The van der Waals surface area contributed by atoms with E-state index in [2.05, 4.69) is 24.4 Å². The Morgan fingerprint density at radius 1 is 1.36 bits per heavy atom. The molecule has 1 heterocycles. The SMILES string of the molecule is COc1ccccc1N1C(=O)C(C=NCCC[NH+](C)C)C(=O)NC1=S. The van der Waals surface area contributed by atoms with Gasteiger partial charge in [-0.05, 0) is 24.4 Å². The van der Waals surface area contributed by atoms with Crippen molar-refractivity contribution in [1.29, 1.82) is 0 Å². The molecule has 1 fully saturated rings. The smallest absolute Gasteiger partial charge is 0.251 e. The maximum atomic E-state index is 12.8. The lowest BCUT2D eigenvalue weighted by atomic mass is 10.1. The van der Waals surface area contributed by atoms with Crippen molar-refractivity contribution < 1.29 is 19.2 Å². The van der Waals surface area contributed by atoms with Crippen molar-refractivity contribution in [2.45, 2.75) is 6.42 Å². The van der Waals surface area contributed by atoms with Crippen molar-refractivity contribution >= 4 is 41.0 Å². The molecule has 1 unspecified atom stereocenters. The quantitative estimate of drug-likeness (QED) is 0.301. The van der Waals surface area contributed by atoms with Crippen molar-refractivity contribution in [1.82, 2.24) is 5.32 Å². The van der Waals surface area contributed by atoms with Gasteiger partial charge in [-0.3, -0.25) is 19.5 Å². The lowest BCUT2D eigenvalue weighted by molar-refractivity contribution is -0.858. The van der Waals surface area contributed by atoms with Crippen molar-refractivity contribution in [2.75, 3.05) is 39.2 Å². The number of para-hydroxylation sites is 2. The summed E-state index contributed by atoms with van der Waals surface area (Å²) in [5.74, 6) is -1.38. The highest BCUT2D eigenvalue weighted by Crippen LogP contribution is 2.30. The minimum Gasteiger partial charge on any atom is -0.495 e. The maximum absolute atomic E-state index is 12.8. The minimum atomic E-state index is -0.997. The number of hydrogen-bond acceptors (Lipinski definition) is 5. The van der Waals surface area contributed by atoms with E-state index in [0.29, 0.717) is 18.0 Å². The van der Waals surface area contributed by atoms with E-state index in [1.54, 1.807) is 24.3 Å². The number of aliphatic imine (C=N–C) groups is 1. The van der Waals surface area contributed by atoms with Crippen LogP contribution < -0.4 is 19.9 Å². The average molecular weight is 363 g/mol. The van der Waals surface area contributed by atoms with E-state index in [1.807, 2.05) is 0 Å². The molecule has 25 heavy (non-hydrogen) atoms. The predicted octanol–water partition coefficient (Wildman–Crippen LogP) is -0.335. The van der Waals surface area contributed by atoms with Crippen LogP contribution in [0.15, 0.2) is 29.3 Å². The Bertz CT molecular complexity index is 690. The topological polar surface area (TPSA) is 75.4 Å². The molecular weight excluding hydrogens is 340 g/mol. The number of nitrogens with zero attached hydrogens (tertiary/aromatic N) is 2. The van der Waals surface area contributed by atoms with Crippen LogP contribution in [-0.4, -0.2) is 57.4 Å². The fraction of sp³-hybridized carbons (Fsp3) is 0.412. The summed E-state index contributed by atoms with van der Waals surface area (Å²) >= 11 is 5.18. The van der Waals surface area contributed by atoms with Gasteiger partial charge in [0.05, 0.1) is 33.4 Å². The number of amides is 2. The molecule has 1 atom stereocenters. The van der Waals surface area contributed by atoms with Crippen molar-refractivity contribution in [3.05, 3.63) is 24.3 Å². The van der Waals surface area contributed by atoms with E-state index in [9.17, 15) is 9.59 Å². The Balaban J connectivity index is 2.17. The van der Waals surface area contributed by atoms with E-state index in [-0.39, 0.29) is 5.11 Å². The summed E-state index contributed by atoms with van der Waals surface area (Å²) in [5, 5.41) is 2.61. The Morgan fingerprint density at radius 3 is 2.76 bits per heavy atom. The Labute approximate surface area is 152 Å². The predicted molar refractivity (Wildman–Crippen MR) is 100 cm³/mol. The van der Waals surface area contributed by atoms with Gasteiger partial charge in [-0.25, -0.2) is 0 Å². The average Bonchev–Trinajstić information content (AvgIpc) is 2.57. The van der Waals surface area contributed by atoms with Gasteiger partial charge in [-0.15, -0.1) is 0 Å². The highest BCUT2D eigenvalue weighted by Gasteiger charge is 2.39. The highest BCUT2D eigenvalue weighted by atomic mass is 32.1. The Morgan fingerprint density at radius 2 is 2.08 bits per heavy atom. The first-order chi connectivity index (χ1) is 12.0. The van der Waals surface area contributed by atoms with E-state index in [1.165, 1.54) is 23.1 Å². The van der Waals surface area contributed by atoms with E-state index in [4.69, 9.17) is 17.0 Å². The third-order valence-corrected chi connectivity index (χ3v) is 4.03. The van der Waals surface area contributed by atoms with Crippen LogP contribution in [0.3, 0.4) is 0 Å². The number of hydrogen-bond donors (Lipinski definition) is 2. The second kappa shape index (κ2) is 8.68. The molecule has 0 spiro atoms. The van der Waals surface area contributed by atoms with Crippen LogP contribution in [0.4, 0.5) is 5.69 Å². The molecule has 0 aromatic heterocycles. The summed E-state index contributed by atoms with van der Waals surface area (Å²) in [7, 11) is 5.64. The summed E-state index contributed by atoms with van der Waals surface area (Å²) < 4.78 is 5.29. The normalized spacial score (nSPS) is 18.2. The number of carbonyl (C=O) groups is 2. The number of rotatable bonds is 7. The minimum absolute atomic E-state index is 0.0420. The number of benzene rings is 1. The molecule has 1 aromatic rings. The summed E-state index contributed by atoms with van der Waals surface area (Å²) in [5.41, 5.74) is 0.495. The number of carbonyl (C=O) groups excluding carboxylic acids is 2. The summed E-state index contributed by atoms with van der Waals surface area (Å²) in [6, 6.07) is 7.02. The van der Waals surface area contributed by atoms with Crippen molar-refractivity contribution in [3.8, 4) is 5.75 Å². The number of thiocarbonyl (C=S) groups is 1. The molecule has 1 saturated heterocycles. The molecule has 1 aliphatic heterocycles. The zero-order chi connectivity index (χ0) is 18.4. The van der Waals surface area contributed by atoms with E-state index in [0.717, 1.165) is 13.0 Å². The standard InChI is InChI=1S/C17H22N4O3S/c1-20(2)10-6-9-18-11-12-15(22)19-17(25)21(16(12)23)13-7-4-5-8-14(13)24-3/h4-5,7-8,11-12H,6,9-10H2,1-3H3,(H,19,22,25)/p+1. The largest absolute Gasteiger partial charge is 0.495 e. The monoisotopic (exact) mass is 363 g/mol. The van der Waals surface area contributed by atoms with Crippen LogP contribution >= 0.6 is 12.2 Å². The lowest BCUT2D eigenvalue weighted by Crippen LogP contribution is -3.05. The Kier molecular flexibility index (Phi) is 6.60. The van der Waals surface area contributed by atoms with Gasteiger partial charge in [0.1, 0.15) is 5.75 Å². The van der Waals surface area contributed by atoms with Crippen LogP contribution in [0.1, 0.15) is 6.42 Å². The molecule has 0 bridgehead atoms. The van der Waals surface area contributed by atoms with Gasteiger partial charge in [0, 0.05) is 19.2 Å². The van der Waals surface area contributed by atoms with Crippen LogP contribution in [0.2, 0.25) is 0 Å². The van der Waals surface area contributed by atoms with Crippen LogP contribution in [0.5, 0.6) is 5.75 Å². The van der Waals surface area contributed by atoms with Gasteiger partial charge < -0.3 is 15.0 Å². The molecule has 0 saturated carbocycles. The van der Waals surface area contributed by atoms with Gasteiger partial charge in [0.25, 0.3) is 5.91 Å². The first-order valence-corrected chi connectivity index (χ1v) is 8.47. The molecular formula is C17H23N4O3S+. The molecule has 2 N–H and O–H groups in total. The number of methoxy groups -OCH3 is 1. The van der Waals surface area contributed by atoms with Gasteiger partial charge in [0.15, 0.2) is 11.0 Å². The third-order valence-electron chi connectivity index (χ3n) is 3.75. The van der Waals surface area contributed by atoms with Crippen LogP contribution in [0.25, 0.3) is 0 Å². The molecule has 1 aromatic carbocycles. The third kappa shape index (κ3) is 4.61. The van der Waals surface area contributed by atoms with Gasteiger partial charge in [-0.2, -0.15) is 0 Å². The molecule has 8 heteroatoms. The number of quaternary nitrogens is 1. The van der Waals surface area contributed by atoms with Crippen molar-refractivity contribution in [3.63, 3.8) is 0 Å². The molecule has 2 amide bonds. The zero-order valence-electron chi connectivity index (χ0n) is 14.6. The molecule has 2 rings (SSSR count). The van der Waals surface area contributed by atoms with Crippen molar-refractivity contribution in [2.24, 2.45) is 10.9 Å². The maximum Gasteiger partial charge on any atom is 0.251 e. The highest BCUT2D eigenvalue weighted by molar-refractivity contribution is 7.80. The molecule has 7 nitrogen and oxygen atoms in total. The second-order valence-electron chi connectivity index (χ2n) is 5.98. The number of nitrogens with one attached hydrogen (secondary N) is 2.